The monoisotopic (exact) mass is 304 g/mol. The Morgan fingerprint density at radius 2 is 2.00 bits per heavy atom. The minimum Gasteiger partial charge on any atom is -0.339 e. The van der Waals surface area contributed by atoms with Gasteiger partial charge in [0.1, 0.15) is 0 Å². The number of rotatable bonds is 2. The van der Waals surface area contributed by atoms with Gasteiger partial charge in [0.25, 0.3) is 0 Å². The Bertz CT molecular complexity index is 537. The summed E-state index contributed by atoms with van der Waals surface area (Å²) < 4.78 is 37.3. The fraction of sp³-hybridized carbons (Fsp3) is 0.385. The summed E-state index contributed by atoms with van der Waals surface area (Å²) in [4.78, 5) is 17.1. The average Bonchev–Trinajstić information content (AvgIpc) is 2.89. The second kappa shape index (κ2) is 5.83. The summed E-state index contributed by atoms with van der Waals surface area (Å²) in [6, 6.07) is 0.800. The minimum absolute atomic E-state index is 0.134. The fourth-order valence-corrected chi connectivity index (χ4v) is 2.15. The van der Waals surface area contributed by atoms with Crippen molar-refractivity contribution in [3.05, 3.63) is 34.6 Å². The molecule has 0 bridgehead atoms. The van der Waals surface area contributed by atoms with E-state index in [0.717, 1.165) is 18.9 Å². The standard InChI is InChI=1S/C13H12ClF3N2O/c14-10-7-9(13(15,16)17)8-18-11(10)3-4-12(20)19-5-1-2-6-19/h3-4,7-8H,1-2,5-6H2. The van der Waals surface area contributed by atoms with E-state index in [0.29, 0.717) is 19.3 Å². The van der Waals surface area contributed by atoms with E-state index < -0.39 is 11.7 Å². The van der Waals surface area contributed by atoms with Crippen molar-refractivity contribution in [3.8, 4) is 0 Å². The highest BCUT2D eigenvalue weighted by Gasteiger charge is 2.31. The number of carbonyl (C=O) groups is 1. The maximum absolute atomic E-state index is 12.4. The maximum Gasteiger partial charge on any atom is 0.417 e. The Hall–Kier alpha value is -1.56. The van der Waals surface area contributed by atoms with Gasteiger partial charge in [-0.15, -0.1) is 0 Å². The van der Waals surface area contributed by atoms with E-state index >= 15 is 0 Å². The van der Waals surface area contributed by atoms with Gasteiger partial charge in [0, 0.05) is 25.4 Å². The van der Waals surface area contributed by atoms with Crippen LogP contribution in [-0.2, 0) is 11.0 Å². The van der Waals surface area contributed by atoms with Crippen molar-refractivity contribution in [2.45, 2.75) is 19.0 Å². The van der Waals surface area contributed by atoms with E-state index in [4.69, 9.17) is 11.6 Å². The van der Waals surface area contributed by atoms with Crippen LogP contribution in [0.4, 0.5) is 13.2 Å². The number of hydrogen-bond acceptors (Lipinski definition) is 2. The molecule has 0 aliphatic carbocycles. The van der Waals surface area contributed by atoms with Gasteiger partial charge in [0.15, 0.2) is 0 Å². The second-order valence-corrected chi connectivity index (χ2v) is 4.86. The number of nitrogens with zero attached hydrogens (tertiary/aromatic N) is 2. The number of pyridine rings is 1. The zero-order chi connectivity index (χ0) is 14.8. The lowest BCUT2D eigenvalue weighted by Crippen LogP contribution is -2.25. The van der Waals surface area contributed by atoms with Gasteiger partial charge in [-0.05, 0) is 25.0 Å². The Kier molecular flexibility index (Phi) is 4.32. The number of halogens is 4. The summed E-state index contributed by atoms with van der Waals surface area (Å²) in [5.41, 5.74) is -0.766. The molecule has 20 heavy (non-hydrogen) atoms. The SMILES string of the molecule is O=C(C=Cc1ncc(C(F)(F)F)cc1Cl)N1CCCC1. The number of carbonyl (C=O) groups excluding carboxylic acids is 1. The fourth-order valence-electron chi connectivity index (χ4n) is 1.92. The predicted molar refractivity (Wildman–Crippen MR) is 69.1 cm³/mol. The van der Waals surface area contributed by atoms with E-state index in [1.165, 1.54) is 12.2 Å². The summed E-state index contributed by atoms with van der Waals surface area (Å²) >= 11 is 5.74. The topological polar surface area (TPSA) is 33.2 Å². The van der Waals surface area contributed by atoms with Crippen LogP contribution in [0.25, 0.3) is 6.08 Å². The lowest BCUT2D eigenvalue weighted by Gasteiger charge is -2.11. The molecule has 1 aliphatic rings. The van der Waals surface area contributed by atoms with Crippen molar-refractivity contribution in [1.29, 1.82) is 0 Å². The van der Waals surface area contributed by atoms with Crippen molar-refractivity contribution >= 4 is 23.6 Å². The lowest BCUT2D eigenvalue weighted by atomic mass is 10.2. The summed E-state index contributed by atoms with van der Waals surface area (Å²) in [5.74, 6) is -0.180. The third-order valence-corrected chi connectivity index (χ3v) is 3.30. The van der Waals surface area contributed by atoms with Gasteiger partial charge in [0.05, 0.1) is 16.3 Å². The van der Waals surface area contributed by atoms with Gasteiger partial charge in [0.2, 0.25) is 5.91 Å². The molecular weight excluding hydrogens is 293 g/mol. The van der Waals surface area contributed by atoms with Crippen molar-refractivity contribution in [2.75, 3.05) is 13.1 Å². The van der Waals surface area contributed by atoms with Crippen molar-refractivity contribution in [1.82, 2.24) is 9.88 Å². The van der Waals surface area contributed by atoms with Crippen LogP contribution in [0.1, 0.15) is 24.1 Å². The number of likely N-dealkylation sites (tertiary alicyclic amines) is 1. The summed E-state index contributed by atoms with van der Waals surface area (Å²) in [7, 11) is 0. The van der Waals surface area contributed by atoms with Gasteiger partial charge in [-0.25, -0.2) is 0 Å². The van der Waals surface area contributed by atoms with Crippen LogP contribution >= 0.6 is 11.6 Å². The zero-order valence-electron chi connectivity index (χ0n) is 10.5. The zero-order valence-corrected chi connectivity index (χ0v) is 11.2. The first-order valence-electron chi connectivity index (χ1n) is 6.07. The molecule has 7 heteroatoms. The van der Waals surface area contributed by atoms with Crippen LogP contribution in [0.2, 0.25) is 5.02 Å². The van der Waals surface area contributed by atoms with Crippen molar-refractivity contribution in [2.24, 2.45) is 0 Å². The largest absolute Gasteiger partial charge is 0.417 e. The van der Waals surface area contributed by atoms with Crippen molar-refractivity contribution in [3.63, 3.8) is 0 Å². The van der Waals surface area contributed by atoms with Gasteiger partial charge < -0.3 is 4.90 Å². The first-order chi connectivity index (χ1) is 9.38. The Balaban J connectivity index is 2.11. The van der Waals surface area contributed by atoms with Gasteiger partial charge >= 0.3 is 6.18 Å². The van der Waals surface area contributed by atoms with E-state index in [1.54, 1.807) is 4.90 Å². The minimum atomic E-state index is -4.48. The molecule has 1 aromatic heterocycles. The predicted octanol–water partition coefficient (Wildman–Crippen LogP) is 3.39. The van der Waals surface area contributed by atoms with Gasteiger partial charge in [-0.3, -0.25) is 9.78 Å². The molecule has 1 aliphatic heterocycles. The van der Waals surface area contributed by atoms with Crippen LogP contribution in [0, 0.1) is 0 Å². The highest BCUT2D eigenvalue weighted by Crippen LogP contribution is 2.31. The first kappa shape index (κ1) is 14.8. The molecule has 1 saturated heterocycles. The molecule has 1 aromatic rings. The van der Waals surface area contributed by atoms with E-state index in [2.05, 4.69) is 4.98 Å². The number of aromatic nitrogens is 1. The Morgan fingerprint density at radius 1 is 1.35 bits per heavy atom. The molecule has 0 radical (unpaired) electrons. The summed E-state index contributed by atoms with van der Waals surface area (Å²) in [6.45, 7) is 1.41. The smallest absolute Gasteiger partial charge is 0.339 e. The second-order valence-electron chi connectivity index (χ2n) is 4.45. The molecule has 3 nitrogen and oxygen atoms in total. The third-order valence-electron chi connectivity index (χ3n) is 3.00. The van der Waals surface area contributed by atoms with Crippen LogP contribution in [0.5, 0.6) is 0 Å². The number of alkyl halides is 3. The molecule has 0 spiro atoms. The molecular formula is C13H12ClF3N2O. The third kappa shape index (κ3) is 3.50. The highest BCUT2D eigenvalue weighted by molar-refractivity contribution is 6.32. The first-order valence-corrected chi connectivity index (χ1v) is 6.45. The highest BCUT2D eigenvalue weighted by atomic mass is 35.5. The van der Waals surface area contributed by atoms with E-state index in [-0.39, 0.29) is 16.6 Å². The molecule has 0 saturated carbocycles. The van der Waals surface area contributed by atoms with Gasteiger partial charge in [-0.1, -0.05) is 11.6 Å². The quantitative estimate of drug-likeness (QED) is 0.785. The Labute approximate surface area is 119 Å². The molecule has 2 heterocycles. The van der Waals surface area contributed by atoms with Gasteiger partial charge in [-0.2, -0.15) is 13.2 Å². The molecule has 0 unspecified atom stereocenters. The van der Waals surface area contributed by atoms with Crippen LogP contribution in [0.15, 0.2) is 18.3 Å². The van der Waals surface area contributed by atoms with Crippen molar-refractivity contribution < 1.29 is 18.0 Å². The average molecular weight is 305 g/mol. The summed E-state index contributed by atoms with van der Waals surface area (Å²) in [5, 5.41) is -0.134. The maximum atomic E-state index is 12.4. The Morgan fingerprint density at radius 3 is 2.55 bits per heavy atom. The molecule has 0 aromatic carbocycles. The van der Waals surface area contributed by atoms with Crippen LogP contribution in [0.3, 0.4) is 0 Å². The molecule has 0 N–H and O–H groups in total. The number of amides is 1. The number of hydrogen-bond donors (Lipinski definition) is 0. The summed E-state index contributed by atoms with van der Waals surface area (Å²) in [6.07, 6.45) is 0.782. The lowest BCUT2D eigenvalue weighted by molar-refractivity contribution is -0.137. The molecule has 1 fully saturated rings. The molecule has 108 valence electrons. The van der Waals surface area contributed by atoms with E-state index in [1.807, 2.05) is 0 Å². The molecule has 2 rings (SSSR count). The van der Waals surface area contributed by atoms with Crippen LogP contribution in [-0.4, -0.2) is 28.9 Å². The van der Waals surface area contributed by atoms with E-state index in [9.17, 15) is 18.0 Å². The molecule has 1 amide bonds. The van der Waals surface area contributed by atoms with Crippen LogP contribution < -0.4 is 0 Å². The molecule has 0 atom stereocenters. The normalized spacial score (nSPS) is 16.1.